The first-order valence-electron chi connectivity index (χ1n) is 7.60. The third-order valence-corrected chi connectivity index (χ3v) is 3.87. The van der Waals surface area contributed by atoms with Crippen LogP contribution in [-0.2, 0) is 6.54 Å². The molecule has 2 aromatic heterocycles. The Bertz CT molecular complexity index is 897. The Hall–Kier alpha value is -3.07. The lowest BCUT2D eigenvalue weighted by atomic mass is 10.2. The summed E-state index contributed by atoms with van der Waals surface area (Å²) in [6, 6.07) is 9.85. The van der Waals surface area contributed by atoms with Crippen molar-refractivity contribution in [3.63, 3.8) is 0 Å². The van der Waals surface area contributed by atoms with Gasteiger partial charge in [-0.3, -0.25) is 4.98 Å². The Labute approximate surface area is 140 Å². The third-order valence-electron chi connectivity index (χ3n) is 3.87. The van der Waals surface area contributed by atoms with Crippen molar-refractivity contribution >= 4 is 11.0 Å². The van der Waals surface area contributed by atoms with E-state index in [0.29, 0.717) is 18.0 Å². The van der Waals surface area contributed by atoms with Gasteiger partial charge in [-0.2, -0.15) is 5.26 Å². The van der Waals surface area contributed by atoms with Crippen LogP contribution in [0.5, 0.6) is 11.5 Å². The molecule has 0 N–H and O–H groups in total. The van der Waals surface area contributed by atoms with Gasteiger partial charge in [-0.05, 0) is 19.1 Å². The van der Waals surface area contributed by atoms with E-state index in [-0.39, 0.29) is 5.92 Å². The average Bonchev–Trinajstić information content (AvgIpc) is 2.98. The molecule has 0 bridgehead atoms. The largest absolute Gasteiger partial charge is 0.493 e. The Morgan fingerprint density at radius 1 is 1.17 bits per heavy atom. The molecular weight excluding hydrogens is 304 g/mol. The van der Waals surface area contributed by atoms with Gasteiger partial charge in [-0.15, -0.1) is 0 Å². The summed E-state index contributed by atoms with van der Waals surface area (Å²) in [5.41, 5.74) is 2.65. The van der Waals surface area contributed by atoms with Crippen molar-refractivity contribution < 1.29 is 9.47 Å². The van der Waals surface area contributed by atoms with Crippen LogP contribution in [0, 0.1) is 17.2 Å². The number of rotatable bonds is 5. The number of imidazole rings is 1. The molecule has 122 valence electrons. The second kappa shape index (κ2) is 6.59. The number of pyridine rings is 1. The van der Waals surface area contributed by atoms with Gasteiger partial charge >= 0.3 is 0 Å². The molecule has 0 amide bonds. The molecule has 6 heteroatoms. The highest BCUT2D eigenvalue weighted by atomic mass is 16.5. The molecule has 24 heavy (non-hydrogen) atoms. The number of nitrogens with zero attached hydrogens (tertiary/aromatic N) is 4. The van der Waals surface area contributed by atoms with E-state index in [1.807, 2.05) is 35.8 Å². The number of benzene rings is 1. The maximum absolute atomic E-state index is 9.21. The zero-order chi connectivity index (χ0) is 17.1. The Balaban J connectivity index is 2.26. The summed E-state index contributed by atoms with van der Waals surface area (Å²) in [5.74, 6) is 1.92. The van der Waals surface area contributed by atoms with Crippen LogP contribution in [0.3, 0.4) is 0 Å². The highest BCUT2D eigenvalue weighted by molar-refractivity contribution is 5.84. The molecule has 1 unspecified atom stereocenters. The molecule has 0 aliphatic heterocycles. The lowest BCUT2D eigenvalue weighted by molar-refractivity contribution is 0.355. The van der Waals surface area contributed by atoms with Gasteiger partial charge in [-0.1, -0.05) is 0 Å². The Morgan fingerprint density at radius 3 is 2.46 bits per heavy atom. The standard InChI is InChI=1S/C18H18N4O2/c1-12(10-19)11-22-15-9-17(24-3)16(23-2)8-14(15)21-18(22)13-4-6-20-7-5-13/h4-9,12H,11H2,1-3H3. The van der Waals surface area contributed by atoms with Crippen molar-refractivity contribution in [1.29, 1.82) is 5.26 Å². The van der Waals surface area contributed by atoms with Crippen molar-refractivity contribution in [2.45, 2.75) is 13.5 Å². The molecule has 0 aliphatic carbocycles. The fourth-order valence-corrected chi connectivity index (χ4v) is 2.67. The number of methoxy groups -OCH3 is 2. The van der Waals surface area contributed by atoms with Gasteiger partial charge in [0, 0.05) is 36.6 Å². The van der Waals surface area contributed by atoms with Crippen LogP contribution in [0.2, 0.25) is 0 Å². The fraction of sp³-hybridized carbons (Fsp3) is 0.278. The van der Waals surface area contributed by atoms with Crippen molar-refractivity contribution in [2.75, 3.05) is 14.2 Å². The second-order valence-corrected chi connectivity index (χ2v) is 5.51. The lowest BCUT2D eigenvalue weighted by Crippen LogP contribution is -2.07. The molecule has 0 saturated heterocycles. The number of nitriles is 1. The highest BCUT2D eigenvalue weighted by Gasteiger charge is 2.17. The predicted octanol–water partition coefficient (Wildman–Crippen LogP) is 3.28. The summed E-state index contributed by atoms with van der Waals surface area (Å²) in [6.07, 6.45) is 3.46. The van der Waals surface area contributed by atoms with Crippen LogP contribution >= 0.6 is 0 Å². The molecule has 3 rings (SSSR count). The third kappa shape index (κ3) is 2.76. The average molecular weight is 322 g/mol. The van der Waals surface area contributed by atoms with Crippen molar-refractivity contribution in [2.24, 2.45) is 5.92 Å². The van der Waals surface area contributed by atoms with Crippen molar-refractivity contribution in [3.8, 4) is 29.0 Å². The molecular formula is C18H18N4O2. The Kier molecular flexibility index (Phi) is 4.34. The van der Waals surface area contributed by atoms with Gasteiger partial charge in [0.15, 0.2) is 11.5 Å². The van der Waals surface area contributed by atoms with E-state index >= 15 is 0 Å². The first-order chi connectivity index (χ1) is 11.7. The Morgan fingerprint density at radius 2 is 1.83 bits per heavy atom. The van der Waals surface area contributed by atoms with Crippen molar-refractivity contribution in [1.82, 2.24) is 14.5 Å². The van der Waals surface area contributed by atoms with Crippen LogP contribution in [-0.4, -0.2) is 28.8 Å². The normalized spacial score (nSPS) is 11.9. The fourth-order valence-electron chi connectivity index (χ4n) is 2.67. The van der Waals surface area contributed by atoms with Gasteiger partial charge < -0.3 is 14.0 Å². The van der Waals surface area contributed by atoms with E-state index in [4.69, 9.17) is 14.5 Å². The molecule has 0 saturated carbocycles. The summed E-state index contributed by atoms with van der Waals surface area (Å²) >= 11 is 0. The molecule has 1 atom stereocenters. The van der Waals surface area contributed by atoms with Gasteiger partial charge in [-0.25, -0.2) is 4.98 Å². The van der Waals surface area contributed by atoms with E-state index in [2.05, 4.69) is 11.1 Å². The second-order valence-electron chi connectivity index (χ2n) is 5.51. The molecule has 3 aromatic rings. The lowest BCUT2D eigenvalue weighted by Gasteiger charge is -2.12. The zero-order valence-corrected chi connectivity index (χ0v) is 13.9. The van der Waals surface area contributed by atoms with Crippen LogP contribution in [0.4, 0.5) is 0 Å². The van der Waals surface area contributed by atoms with Crippen molar-refractivity contribution in [3.05, 3.63) is 36.7 Å². The van der Waals surface area contributed by atoms with Gasteiger partial charge in [0.05, 0.1) is 37.2 Å². The highest BCUT2D eigenvalue weighted by Crippen LogP contribution is 2.34. The van der Waals surface area contributed by atoms with E-state index in [0.717, 1.165) is 22.4 Å². The first-order valence-corrected chi connectivity index (χ1v) is 7.60. The molecule has 6 nitrogen and oxygen atoms in total. The number of ether oxygens (including phenoxy) is 2. The minimum atomic E-state index is -0.143. The van der Waals surface area contributed by atoms with E-state index in [9.17, 15) is 5.26 Å². The quantitative estimate of drug-likeness (QED) is 0.721. The maximum atomic E-state index is 9.21. The number of fused-ring (bicyclic) bond motifs is 1. The first kappa shape index (κ1) is 15.8. The van der Waals surface area contributed by atoms with E-state index in [1.165, 1.54) is 0 Å². The van der Waals surface area contributed by atoms with Gasteiger partial charge in [0.2, 0.25) is 0 Å². The summed E-state index contributed by atoms with van der Waals surface area (Å²) in [7, 11) is 3.20. The SMILES string of the molecule is COc1cc2nc(-c3ccncc3)n(CC(C)C#N)c2cc1OC. The number of hydrogen-bond donors (Lipinski definition) is 0. The maximum Gasteiger partial charge on any atom is 0.163 e. The molecule has 1 aromatic carbocycles. The summed E-state index contributed by atoms with van der Waals surface area (Å²) in [6.45, 7) is 2.43. The van der Waals surface area contributed by atoms with Gasteiger partial charge in [0.1, 0.15) is 5.82 Å². The van der Waals surface area contributed by atoms with Crippen LogP contribution in [0.1, 0.15) is 6.92 Å². The summed E-state index contributed by atoms with van der Waals surface area (Å²) in [5, 5.41) is 9.21. The molecule has 2 heterocycles. The van der Waals surface area contributed by atoms with E-state index < -0.39 is 0 Å². The molecule has 0 spiro atoms. The molecule has 0 radical (unpaired) electrons. The monoisotopic (exact) mass is 322 g/mol. The van der Waals surface area contributed by atoms with Crippen LogP contribution in [0.15, 0.2) is 36.7 Å². The van der Waals surface area contributed by atoms with E-state index in [1.54, 1.807) is 26.6 Å². The van der Waals surface area contributed by atoms with Crippen LogP contribution < -0.4 is 9.47 Å². The zero-order valence-electron chi connectivity index (χ0n) is 13.9. The minimum absolute atomic E-state index is 0.143. The predicted molar refractivity (Wildman–Crippen MR) is 90.8 cm³/mol. The number of aromatic nitrogens is 3. The minimum Gasteiger partial charge on any atom is -0.493 e. The number of hydrogen-bond acceptors (Lipinski definition) is 5. The van der Waals surface area contributed by atoms with Gasteiger partial charge in [0.25, 0.3) is 0 Å². The molecule has 0 aliphatic rings. The van der Waals surface area contributed by atoms with Crippen LogP contribution in [0.25, 0.3) is 22.4 Å². The topological polar surface area (TPSA) is 73.0 Å². The summed E-state index contributed by atoms with van der Waals surface area (Å²) in [4.78, 5) is 8.80. The smallest absolute Gasteiger partial charge is 0.163 e. The summed E-state index contributed by atoms with van der Waals surface area (Å²) < 4.78 is 12.8. The molecule has 0 fully saturated rings.